The van der Waals surface area contributed by atoms with E-state index in [4.69, 9.17) is 4.74 Å². The second kappa shape index (κ2) is 11.6. The van der Waals surface area contributed by atoms with Gasteiger partial charge in [-0.05, 0) is 13.3 Å². The number of Topliss-reactive ketones (excluding diaryl/α,β-unsaturated/α-hetero) is 1. The molecule has 1 N–H and O–H groups in total. The molecule has 8 nitrogen and oxygen atoms in total. The number of esters is 2. The van der Waals surface area contributed by atoms with Gasteiger partial charge in [-0.1, -0.05) is 25.6 Å². The Morgan fingerprint density at radius 2 is 1.75 bits per heavy atom. The lowest BCUT2D eigenvalue weighted by atomic mass is 10.1. The average Bonchev–Trinajstić information content (AvgIpc) is 2.56. The number of nitrogens with one attached hydrogen (secondary N) is 1. The lowest BCUT2D eigenvalue weighted by Crippen LogP contribution is -2.45. The van der Waals surface area contributed by atoms with E-state index in [0.29, 0.717) is 18.2 Å². The zero-order chi connectivity index (χ0) is 18.7. The molecule has 2 atom stereocenters. The Bertz CT molecular complexity index is 492. The minimum atomic E-state index is -1.10. The molecule has 0 aromatic rings. The standard InChI is InChI=1S/C15H23NO7S/c1-5-9(3)13(19)16-10(14(20)23-6-2)8-24-12(18)7-11(17)15(21)22-4/h9-10H,5-8H2,1-4H3,(H,16,19). The van der Waals surface area contributed by atoms with Crippen LogP contribution in [-0.4, -0.2) is 54.3 Å². The molecule has 0 fully saturated rings. The van der Waals surface area contributed by atoms with Gasteiger partial charge in [-0.25, -0.2) is 9.59 Å². The number of amides is 1. The fourth-order valence-corrected chi connectivity index (χ4v) is 2.26. The topological polar surface area (TPSA) is 116 Å². The molecule has 0 aliphatic carbocycles. The molecule has 0 aromatic heterocycles. The normalized spacial score (nSPS) is 12.7. The molecule has 136 valence electrons. The molecule has 0 aliphatic heterocycles. The maximum Gasteiger partial charge on any atom is 0.374 e. The lowest BCUT2D eigenvalue weighted by molar-refractivity contribution is -0.152. The van der Waals surface area contributed by atoms with Crippen molar-refractivity contribution in [3.05, 3.63) is 0 Å². The highest BCUT2D eigenvalue weighted by atomic mass is 32.2. The molecule has 0 aliphatic rings. The maximum atomic E-state index is 11.9. The first-order valence-corrected chi connectivity index (χ1v) is 8.49. The summed E-state index contributed by atoms with van der Waals surface area (Å²) in [6, 6.07) is -1.01. The van der Waals surface area contributed by atoms with Crippen LogP contribution in [0.1, 0.15) is 33.6 Å². The molecule has 24 heavy (non-hydrogen) atoms. The van der Waals surface area contributed by atoms with Crippen molar-refractivity contribution in [1.29, 1.82) is 0 Å². The van der Waals surface area contributed by atoms with Crippen molar-refractivity contribution in [3.63, 3.8) is 0 Å². The first-order chi connectivity index (χ1) is 11.3. The number of hydrogen-bond acceptors (Lipinski definition) is 8. The molecular formula is C15H23NO7S. The van der Waals surface area contributed by atoms with Gasteiger partial charge in [0.05, 0.1) is 20.1 Å². The van der Waals surface area contributed by atoms with Gasteiger partial charge in [-0.3, -0.25) is 14.4 Å². The third-order valence-corrected chi connectivity index (χ3v) is 4.04. The van der Waals surface area contributed by atoms with Crippen LogP contribution < -0.4 is 5.32 Å². The van der Waals surface area contributed by atoms with Gasteiger partial charge < -0.3 is 14.8 Å². The van der Waals surface area contributed by atoms with Crippen molar-refractivity contribution in [2.75, 3.05) is 19.5 Å². The van der Waals surface area contributed by atoms with Gasteiger partial charge >= 0.3 is 11.9 Å². The molecular weight excluding hydrogens is 338 g/mol. The number of rotatable bonds is 10. The van der Waals surface area contributed by atoms with Crippen LogP contribution in [0.2, 0.25) is 0 Å². The zero-order valence-electron chi connectivity index (χ0n) is 14.2. The minimum absolute atomic E-state index is 0.0890. The number of thioether (sulfide) groups is 1. The minimum Gasteiger partial charge on any atom is -0.464 e. The highest BCUT2D eigenvalue weighted by Crippen LogP contribution is 2.11. The lowest BCUT2D eigenvalue weighted by Gasteiger charge is -2.18. The van der Waals surface area contributed by atoms with Crippen LogP contribution in [0, 0.1) is 5.92 Å². The first-order valence-electron chi connectivity index (χ1n) is 7.50. The molecule has 0 radical (unpaired) electrons. The number of methoxy groups -OCH3 is 1. The van der Waals surface area contributed by atoms with Crippen molar-refractivity contribution in [3.8, 4) is 0 Å². The summed E-state index contributed by atoms with van der Waals surface area (Å²) in [7, 11) is 1.04. The van der Waals surface area contributed by atoms with Gasteiger partial charge in [-0.2, -0.15) is 0 Å². The van der Waals surface area contributed by atoms with Crippen molar-refractivity contribution < 1.29 is 33.4 Å². The summed E-state index contributed by atoms with van der Waals surface area (Å²) in [5.41, 5.74) is 0. The molecule has 0 spiro atoms. The van der Waals surface area contributed by atoms with E-state index in [-0.39, 0.29) is 24.2 Å². The number of hydrogen-bond donors (Lipinski definition) is 1. The van der Waals surface area contributed by atoms with Gasteiger partial charge in [0.25, 0.3) is 0 Å². The van der Waals surface area contributed by atoms with Crippen LogP contribution in [0.3, 0.4) is 0 Å². The molecule has 0 saturated heterocycles. The van der Waals surface area contributed by atoms with Crippen LogP contribution in [0.15, 0.2) is 0 Å². The van der Waals surface area contributed by atoms with Crippen LogP contribution >= 0.6 is 11.8 Å². The highest BCUT2D eigenvalue weighted by Gasteiger charge is 2.26. The predicted octanol–water partition coefficient (Wildman–Crippen LogP) is 0.472. The Balaban J connectivity index is 4.68. The first kappa shape index (κ1) is 22.1. The summed E-state index contributed by atoms with van der Waals surface area (Å²) in [5, 5.41) is 1.93. The molecule has 2 unspecified atom stereocenters. The van der Waals surface area contributed by atoms with Gasteiger partial charge in [-0.15, -0.1) is 0 Å². The van der Waals surface area contributed by atoms with E-state index >= 15 is 0 Å². The summed E-state index contributed by atoms with van der Waals surface area (Å²) >= 11 is 0.673. The second-order valence-electron chi connectivity index (χ2n) is 4.90. The van der Waals surface area contributed by atoms with E-state index in [1.165, 1.54) is 0 Å². The third-order valence-electron chi connectivity index (χ3n) is 3.08. The summed E-state index contributed by atoms with van der Waals surface area (Å²) in [6.07, 6.45) is -0.0344. The van der Waals surface area contributed by atoms with Crippen LogP contribution in [-0.2, 0) is 33.4 Å². The Labute approximate surface area is 145 Å². The number of carbonyl (C=O) groups excluding carboxylic acids is 5. The smallest absolute Gasteiger partial charge is 0.374 e. The summed E-state index contributed by atoms with van der Waals surface area (Å²) in [5.74, 6) is -3.43. The van der Waals surface area contributed by atoms with Crippen LogP contribution in [0.4, 0.5) is 0 Å². The Morgan fingerprint density at radius 3 is 2.25 bits per heavy atom. The number of ketones is 1. The fraction of sp³-hybridized carbons (Fsp3) is 0.667. The molecule has 0 aromatic carbocycles. The number of ether oxygens (including phenoxy) is 2. The quantitative estimate of drug-likeness (QED) is 0.339. The van der Waals surface area contributed by atoms with E-state index in [2.05, 4.69) is 10.1 Å². The van der Waals surface area contributed by atoms with Crippen molar-refractivity contribution in [2.24, 2.45) is 5.92 Å². The number of carbonyl (C=O) groups is 5. The van der Waals surface area contributed by atoms with E-state index in [1.807, 2.05) is 6.92 Å². The fourth-order valence-electron chi connectivity index (χ4n) is 1.46. The average molecular weight is 361 g/mol. The molecule has 0 bridgehead atoms. The molecule has 9 heteroatoms. The SMILES string of the molecule is CCOC(=O)C(CSC(=O)CC(=O)C(=O)OC)NC(=O)C(C)CC. The molecule has 1 amide bonds. The van der Waals surface area contributed by atoms with Crippen molar-refractivity contribution >= 4 is 40.5 Å². The predicted molar refractivity (Wildman–Crippen MR) is 87.1 cm³/mol. The van der Waals surface area contributed by atoms with E-state index < -0.39 is 35.3 Å². The van der Waals surface area contributed by atoms with E-state index in [9.17, 15) is 24.0 Å². The van der Waals surface area contributed by atoms with Crippen molar-refractivity contribution in [1.82, 2.24) is 5.32 Å². The summed E-state index contributed by atoms with van der Waals surface area (Å²) < 4.78 is 9.09. The van der Waals surface area contributed by atoms with E-state index in [0.717, 1.165) is 7.11 Å². The summed E-state index contributed by atoms with van der Waals surface area (Å²) in [6.45, 7) is 5.30. The molecule has 0 heterocycles. The highest BCUT2D eigenvalue weighted by molar-refractivity contribution is 8.13. The summed E-state index contributed by atoms with van der Waals surface area (Å²) in [4.78, 5) is 57.8. The Kier molecular flexibility index (Phi) is 10.7. The second-order valence-corrected chi connectivity index (χ2v) is 5.97. The largest absolute Gasteiger partial charge is 0.464 e. The molecule has 0 saturated carbocycles. The monoisotopic (exact) mass is 361 g/mol. The van der Waals surface area contributed by atoms with Crippen LogP contribution in [0.5, 0.6) is 0 Å². The molecule has 0 rings (SSSR count). The van der Waals surface area contributed by atoms with Gasteiger partial charge in [0, 0.05) is 11.7 Å². The van der Waals surface area contributed by atoms with Crippen molar-refractivity contribution in [2.45, 2.75) is 39.7 Å². The van der Waals surface area contributed by atoms with Gasteiger partial charge in [0.15, 0.2) is 5.12 Å². The Hall–Kier alpha value is -1.90. The zero-order valence-corrected chi connectivity index (χ0v) is 15.1. The third kappa shape index (κ3) is 8.09. The maximum absolute atomic E-state index is 11.9. The Morgan fingerprint density at radius 1 is 1.12 bits per heavy atom. The van der Waals surface area contributed by atoms with Crippen LogP contribution in [0.25, 0.3) is 0 Å². The van der Waals surface area contributed by atoms with Gasteiger partial charge in [0.2, 0.25) is 11.7 Å². The van der Waals surface area contributed by atoms with E-state index in [1.54, 1.807) is 13.8 Å². The van der Waals surface area contributed by atoms with Gasteiger partial charge in [0.1, 0.15) is 6.04 Å².